The minimum absolute atomic E-state index is 0.0885. The van der Waals surface area contributed by atoms with Gasteiger partial charge in [-0.25, -0.2) is 4.79 Å². The fourth-order valence-electron chi connectivity index (χ4n) is 1.25. The fourth-order valence-corrected chi connectivity index (χ4v) is 1.25. The van der Waals surface area contributed by atoms with Crippen molar-refractivity contribution >= 4 is 11.8 Å². The number of rotatable bonds is 7. The Hall–Kier alpha value is -1.20. The molecule has 0 aliphatic rings. The van der Waals surface area contributed by atoms with Crippen molar-refractivity contribution in [3.05, 3.63) is 12.2 Å². The fraction of sp³-hybridized carbons (Fsp3) is 0.600. The van der Waals surface area contributed by atoms with Crippen molar-refractivity contribution in [3.8, 4) is 0 Å². The second kappa shape index (κ2) is 5.63. The first-order valence-corrected chi connectivity index (χ1v) is 4.79. The number of ketones is 1. The Balaban J connectivity index is 4.67. The van der Waals surface area contributed by atoms with Gasteiger partial charge in [0.2, 0.25) is 0 Å². The number of carboxylic acids is 1. The molecule has 15 heavy (non-hydrogen) atoms. The molecule has 0 bridgehead atoms. The molecule has 0 saturated heterocycles. The Kier molecular flexibility index (Phi) is 5.18. The number of carboxylic acid groups (broad SMARTS) is 1. The largest absolute Gasteiger partial charge is 0.480 e. The molecule has 1 atom stereocenters. The lowest BCUT2D eigenvalue weighted by atomic mass is 9.86. The molecule has 0 radical (unpaired) electrons. The molecule has 86 valence electrons. The Bertz CT molecular complexity index is 276. The molecule has 0 aromatic rings. The zero-order valence-corrected chi connectivity index (χ0v) is 8.95. The van der Waals surface area contributed by atoms with Gasteiger partial charge in [0.1, 0.15) is 0 Å². The van der Waals surface area contributed by atoms with Crippen molar-refractivity contribution in [2.24, 2.45) is 11.5 Å². The highest BCUT2D eigenvalue weighted by atomic mass is 16.4. The topological polar surface area (TPSA) is 106 Å². The zero-order chi connectivity index (χ0) is 12.1. The lowest BCUT2D eigenvalue weighted by Gasteiger charge is -2.23. The molecule has 0 aromatic heterocycles. The predicted molar refractivity (Wildman–Crippen MR) is 57.3 cm³/mol. The molecule has 5 N–H and O–H groups in total. The normalized spacial score (nSPS) is 14.3. The number of hydrogen-bond acceptors (Lipinski definition) is 4. The number of Topliss-reactive ketones (excluding diaryl/α,β-unsaturated/α-hetero) is 1. The van der Waals surface area contributed by atoms with Gasteiger partial charge in [0.15, 0.2) is 11.3 Å². The zero-order valence-electron chi connectivity index (χ0n) is 8.95. The first kappa shape index (κ1) is 13.8. The minimum Gasteiger partial charge on any atom is -0.480 e. The van der Waals surface area contributed by atoms with E-state index in [4.69, 9.17) is 16.6 Å². The van der Waals surface area contributed by atoms with E-state index in [9.17, 15) is 9.59 Å². The van der Waals surface area contributed by atoms with Gasteiger partial charge in [-0.3, -0.25) is 4.79 Å². The minimum atomic E-state index is -1.85. The highest BCUT2D eigenvalue weighted by Gasteiger charge is 2.41. The van der Waals surface area contributed by atoms with E-state index in [2.05, 4.69) is 6.58 Å². The summed E-state index contributed by atoms with van der Waals surface area (Å²) in [6.45, 7) is 5.32. The van der Waals surface area contributed by atoms with E-state index in [0.29, 0.717) is 19.4 Å². The Morgan fingerprint density at radius 2 is 1.93 bits per heavy atom. The van der Waals surface area contributed by atoms with Gasteiger partial charge in [-0.05, 0) is 38.3 Å². The maximum absolute atomic E-state index is 11.6. The molecule has 0 fully saturated rings. The van der Waals surface area contributed by atoms with Crippen molar-refractivity contribution < 1.29 is 14.7 Å². The van der Waals surface area contributed by atoms with Gasteiger partial charge >= 0.3 is 5.97 Å². The van der Waals surface area contributed by atoms with Gasteiger partial charge in [0.05, 0.1) is 0 Å². The number of unbranched alkanes of at least 4 members (excludes halogenated alkanes) is 1. The summed E-state index contributed by atoms with van der Waals surface area (Å²) < 4.78 is 0. The van der Waals surface area contributed by atoms with Crippen LogP contribution in [0.3, 0.4) is 0 Å². The molecular formula is C10H18N2O3. The number of aliphatic carboxylic acids is 1. The smallest absolute Gasteiger partial charge is 0.331 e. The van der Waals surface area contributed by atoms with Crippen LogP contribution in [0, 0.1) is 0 Å². The number of nitrogens with two attached hydrogens (primary N) is 2. The highest BCUT2D eigenvalue weighted by Crippen LogP contribution is 2.16. The Morgan fingerprint density at radius 1 is 1.40 bits per heavy atom. The number of carbonyl (C=O) groups excluding carboxylic acids is 1. The summed E-state index contributed by atoms with van der Waals surface area (Å²) in [6, 6.07) is 0. The van der Waals surface area contributed by atoms with Crippen LogP contribution in [0.15, 0.2) is 12.2 Å². The molecule has 0 aliphatic heterocycles. The maximum atomic E-state index is 11.6. The average Bonchev–Trinajstić information content (AvgIpc) is 2.16. The van der Waals surface area contributed by atoms with Crippen LogP contribution in [0.25, 0.3) is 0 Å². The standard InChI is InChI=1S/C10H18N2O3/c1-7(2)8(13)10(12,9(14)15)5-3-4-6-11/h1,3-6,11-12H2,2H3,(H,14,15)/t10-/m1/s1. The molecule has 0 amide bonds. The molecular weight excluding hydrogens is 196 g/mol. The van der Waals surface area contributed by atoms with Crippen molar-refractivity contribution in [1.29, 1.82) is 0 Å². The van der Waals surface area contributed by atoms with E-state index in [-0.39, 0.29) is 12.0 Å². The van der Waals surface area contributed by atoms with Crippen molar-refractivity contribution in [2.45, 2.75) is 31.7 Å². The Morgan fingerprint density at radius 3 is 2.27 bits per heavy atom. The number of hydrogen-bond donors (Lipinski definition) is 3. The van der Waals surface area contributed by atoms with Crippen LogP contribution in [0.4, 0.5) is 0 Å². The second-order valence-corrected chi connectivity index (χ2v) is 3.63. The van der Waals surface area contributed by atoms with E-state index in [1.165, 1.54) is 6.92 Å². The molecule has 5 nitrogen and oxygen atoms in total. The van der Waals surface area contributed by atoms with Crippen LogP contribution in [0.2, 0.25) is 0 Å². The van der Waals surface area contributed by atoms with Gasteiger partial charge in [0.25, 0.3) is 0 Å². The van der Waals surface area contributed by atoms with Gasteiger partial charge in [-0.15, -0.1) is 0 Å². The second-order valence-electron chi connectivity index (χ2n) is 3.63. The first-order valence-electron chi connectivity index (χ1n) is 4.79. The van der Waals surface area contributed by atoms with E-state index in [1.54, 1.807) is 0 Å². The molecule has 5 heteroatoms. The van der Waals surface area contributed by atoms with Crippen LogP contribution in [-0.4, -0.2) is 28.9 Å². The van der Waals surface area contributed by atoms with Gasteiger partial charge in [-0.1, -0.05) is 6.58 Å². The van der Waals surface area contributed by atoms with Crippen LogP contribution < -0.4 is 11.5 Å². The maximum Gasteiger partial charge on any atom is 0.331 e. The van der Waals surface area contributed by atoms with Gasteiger partial charge in [-0.2, -0.15) is 0 Å². The van der Waals surface area contributed by atoms with Crippen LogP contribution in [0.1, 0.15) is 26.2 Å². The third-order valence-electron chi connectivity index (χ3n) is 2.20. The summed E-state index contributed by atoms with van der Waals surface area (Å²) in [7, 11) is 0. The molecule has 0 saturated carbocycles. The third-order valence-corrected chi connectivity index (χ3v) is 2.20. The van der Waals surface area contributed by atoms with E-state index < -0.39 is 17.3 Å². The Labute approximate surface area is 89.1 Å². The quantitative estimate of drug-likeness (QED) is 0.315. The first-order chi connectivity index (χ1) is 6.86. The van der Waals surface area contributed by atoms with E-state index in [1.807, 2.05) is 0 Å². The summed E-state index contributed by atoms with van der Waals surface area (Å²) in [5, 5.41) is 8.93. The molecule has 0 heterocycles. The molecule has 0 unspecified atom stereocenters. The lowest BCUT2D eigenvalue weighted by Crippen LogP contribution is -2.55. The predicted octanol–water partition coefficient (Wildman–Crippen LogP) is 0.0427. The number of carbonyl (C=O) groups is 2. The van der Waals surface area contributed by atoms with Crippen LogP contribution in [-0.2, 0) is 9.59 Å². The van der Waals surface area contributed by atoms with Crippen molar-refractivity contribution in [1.82, 2.24) is 0 Å². The summed E-state index contributed by atoms with van der Waals surface area (Å²) in [5.41, 5.74) is 9.17. The van der Waals surface area contributed by atoms with Crippen LogP contribution >= 0.6 is 0 Å². The van der Waals surface area contributed by atoms with E-state index >= 15 is 0 Å². The molecule has 0 aromatic carbocycles. The van der Waals surface area contributed by atoms with Crippen molar-refractivity contribution in [2.75, 3.05) is 6.54 Å². The summed E-state index contributed by atoms with van der Waals surface area (Å²) in [5.74, 6) is -1.93. The lowest BCUT2D eigenvalue weighted by molar-refractivity contribution is -0.147. The SMILES string of the molecule is C=C(C)C(=O)[C@](N)(CCCCN)C(=O)O. The molecule has 0 rings (SSSR count). The molecule has 0 spiro atoms. The average molecular weight is 214 g/mol. The van der Waals surface area contributed by atoms with E-state index in [0.717, 1.165) is 0 Å². The van der Waals surface area contributed by atoms with Gasteiger partial charge < -0.3 is 16.6 Å². The monoisotopic (exact) mass is 214 g/mol. The summed E-state index contributed by atoms with van der Waals surface area (Å²) in [6.07, 6.45) is 1.25. The molecule has 0 aliphatic carbocycles. The third kappa shape index (κ3) is 3.45. The highest BCUT2D eigenvalue weighted by molar-refractivity contribution is 6.14. The van der Waals surface area contributed by atoms with Crippen molar-refractivity contribution in [3.63, 3.8) is 0 Å². The summed E-state index contributed by atoms with van der Waals surface area (Å²) in [4.78, 5) is 22.5. The summed E-state index contributed by atoms with van der Waals surface area (Å²) >= 11 is 0. The van der Waals surface area contributed by atoms with Crippen LogP contribution in [0.5, 0.6) is 0 Å². The van der Waals surface area contributed by atoms with Gasteiger partial charge in [0, 0.05) is 0 Å².